The van der Waals surface area contributed by atoms with Gasteiger partial charge in [-0.2, -0.15) is 5.26 Å². The van der Waals surface area contributed by atoms with Crippen molar-refractivity contribution in [2.45, 2.75) is 13.8 Å². The molecule has 0 aromatic heterocycles. The van der Waals surface area contributed by atoms with Crippen molar-refractivity contribution < 1.29 is 9.18 Å². The van der Waals surface area contributed by atoms with E-state index in [1.807, 2.05) is 6.92 Å². The number of benzene rings is 1. The summed E-state index contributed by atoms with van der Waals surface area (Å²) < 4.78 is 13.9. The summed E-state index contributed by atoms with van der Waals surface area (Å²) in [4.78, 5) is 13.8. The molecule has 4 nitrogen and oxygen atoms in total. The molecule has 1 amide bonds. The molecule has 5 heteroatoms. The number of hydrogen-bond acceptors (Lipinski definition) is 3. The van der Waals surface area contributed by atoms with Crippen molar-refractivity contribution in [3.05, 3.63) is 35.1 Å². The first kappa shape index (κ1) is 16.7. The van der Waals surface area contributed by atoms with Crippen molar-refractivity contribution in [3.8, 4) is 17.9 Å². The van der Waals surface area contributed by atoms with Gasteiger partial charge in [-0.25, -0.2) is 4.39 Å². The van der Waals surface area contributed by atoms with E-state index < -0.39 is 5.82 Å². The van der Waals surface area contributed by atoms with Crippen molar-refractivity contribution in [3.63, 3.8) is 0 Å². The molecular formula is C16H18FN3O. The molecule has 0 radical (unpaired) electrons. The Morgan fingerprint density at radius 3 is 2.76 bits per heavy atom. The lowest BCUT2D eigenvalue weighted by molar-refractivity contribution is 0.0752. The third kappa shape index (κ3) is 4.59. The Bertz CT molecular complexity index is 610. The van der Waals surface area contributed by atoms with Gasteiger partial charge < -0.3 is 10.6 Å². The summed E-state index contributed by atoms with van der Waals surface area (Å²) in [5.41, 5.74) is 5.70. The molecule has 0 aliphatic rings. The van der Waals surface area contributed by atoms with Crippen LogP contribution in [0.2, 0.25) is 0 Å². The summed E-state index contributed by atoms with van der Waals surface area (Å²) in [7, 11) is 0. The average molecular weight is 287 g/mol. The Balaban J connectivity index is 2.97. The average Bonchev–Trinajstić information content (AvgIpc) is 2.50. The maximum absolute atomic E-state index is 13.9. The van der Waals surface area contributed by atoms with Crippen LogP contribution in [0.25, 0.3) is 0 Å². The van der Waals surface area contributed by atoms with Crippen LogP contribution in [0.4, 0.5) is 4.39 Å². The molecule has 1 rings (SSSR count). The van der Waals surface area contributed by atoms with Gasteiger partial charge in [0.05, 0.1) is 24.1 Å². The second-order valence-electron chi connectivity index (χ2n) is 4.57. The van der Waals surface area contributed by atoms with E-state index in [0.29, 0.717) is 13.1 Å². The highest BCUT2D eigenvalue weighted by molar-refractivity contribution is 5.94. The van der Waals surface area contributed by atoms with Gasteiger partial charge in [-0.3, -0.25) is 4.79 Å². The van der Waals surface area contributed by atoms with Gasteiger partial charge in [0, 0.05) is 18.7 Å². The molecule has 0 saturated carbocycles. The van der Waals surface area contributed by atoms with Gasteiger partial charge in [0.2, 0.25) is 0 Å². The highest BCUT2D eigenvalue weighted by Gasteiger charge is 2.17. The first-order valence-corrected chi connectivity index (χ1v) is 6.70. The minimum Gasteiger partial charge on any atom is -0.338 e. The Kier molecular flexibility index (Phi) is 6.39. The van der Waals surface area contributed by atoms with Gasteiger partial charge in [0.15, 0.2) is 0 Å². The van der Waals surface area contributed by atoms with Gasteiger partial charge in [0.25, 0.3) is 5.91 Å². The third-order valence-electron chi connectivity index (χ3n) is 2.92. The van der Waals surface area contributed by atoms with E-state index in [2.05, 4.69) is 17.9 Å². The number of hydrogen-bond donors (Lipinski definition) is 1. The number of carbonyl (C=O) groups is 1. The molecule has 2 N–H and O–H groups in total. The van der Waals surface area contributed by atoms with E-state index in [1.54, 1.807) is 6.92 Å². The highest BCUT2D eigenvalue weighted by atomic mass is 19.1. The maximum atomic E-state index is 13.9. The van der Waals surface area contributed by atoms with Crippen LogP contribution in [-0.2, 0) is 0 Å². The zero-order valence-corrected chi connectivity index (χ0v) is 12.2. The van der Waals surface area contributed by atoms with Gasteiger partial charge in [0.1, 0.15) is 5.82 Å². The maximum Gasteiger partial charge on any atom is 0.253 e. The number of amides is 1. The van der Waals surface area contributed by atoms with Gasteiger partial charge >= 0.3 is 0 Å². The Morgan fingerprint density at radius 2 is 2.24 bits per heavy atom. The lowest BCUT2D eigenvalue weighted by Gasteiger charge is -2.22. The zero-order chi connectivity index (χ0) is 15.8. The zero-order valence-electron chi connectivity index (χ0n) is 12.2. The molecule has 0 fully saturated rings. The molecule has 1 aromatic rings. The van der Waals surface area contributed by atoms with E-state index in [4.69, 9.17) is 11.0 Å². The summed E-state index contributed by atoms with van der Waals surface area (Å²) in [6.07, 6.45) is 0. The number of rotatable bonds is 4. The summed E-state index contributed by atoms with van der Waals surface area (Å²) >= 11 is 0. The number of nitrogens with two attached hydrogens (primary N) is 1. The first-order valence-electron chi connectivity index (χ1n) is 6.70. The van der Waals surface area contributed by atoms with E-state index in [-0.39, 0.29) is 29.5 Å². The predicted molar refractivity (Wildman–Crippen MR) is 78.7 cm³/mol. The molecule has 0 spiro atoms. The number of nitrogens with zero attached hydrogens (tertiary/aromatic N) is 2. The van der Waals surface area contributed by atoms with Crippen LogP contribution in [0.3, 0.4) is 0 Å². The molecule has 0 bridgehead atoms. The third-order valence-corrected chi connectivity index (χ3v) is 2.92. The smallest absolute Gasteiger partial charge is 0.253 e. The molecule has 0 saturated heterocycles. The molecule has 21 heavy (non-hydrogen) atoms. The quantitative estimate of drug-likeness (QED) is 0.858. The van der Waals surface area contributed by atoms with Crippen LogP contribution in [-0.4, -0.2) is 30.4 Å². The van der Waals surface area contributed by atoms with Gasteiger partial charge in [-0.15, -0.1) is 0 Å². The van der Waals surface area contributed by atoms with Crippen molar-refractivity contribution in [1.29, 1.82) is 5.26 Å². The lowest BCUT2D eigenvalue weighted by Crippen LogP contribution is -2.34. The van der Waals surface area contributed by atoms with Crippen molar-refractivity contribution in [1.82, 2.24) is 4.90 Å². The second kappa shape index (κ2) is 8.04. The van der Waals surface area contributed by atoms with Crippen molar-refractivity contribution in [2.24, 2.45) is 11.7 Å². The van der Waals surface area contributed by atoms with Gasteiger partial charge in [-0.05, 0) is 32.0 Å². The van der Waals surface area contributed by atoms with Crippen LogP contribution < -0.4 is 5.73 Å². The van der Waals surface area contributed by atoms with Crippen LogP contribution in [0.1, 0.15) is 29.8 Å². The fraction of sp³-hybridized carbons (Fsp3) is 0.375. The van der Waals surface area contributed by atoms with Crippen LogP contribution in [0.5, 0.6) is 0 Å². The molecular weight excluding hydrogens is 269 g/mol. The molecule has 0 aliphatic heterocycles. The van der Waals surface area contributed by atoms with Crippen LogP contribution in [0.15, 0.2) is 18.2 Å². The molecule has 1 atom stereocenters. The lowest BCUT2D eigenvalue weighted by atomic mass is 10.1. The monoisotopic (exact) mass is 287 g/mol. The molecule has 0 aliphatic carbocycles. The topological polar surface area (TPSA) is 70.1 Å². The van der Waals surface area contributed by atoms with Crippen molar-refractivity contribution in [2.75, 3.05) is 19.6 Å². The molecule has 0 heterocycles. The fourth-order valence-corrected chi connectivity index (χ4v) is 1.81. The summed E-state index contributed by atoms with van der Waals surface area (Å²) in [6, 6.07) is 6.25. The Hall–Kier alpha value is -2.37. The standard InChI is InChI=1S/C16H18FN3O/c1-3-20(11-12(2)10-19)16(21)14-7-6-13(5-4-8-18)15(17)9-14/h6-7,9,12H,3,8,11,18H2,1-2H3. The fourth-order valence-electron chi connectivity index (χ4n) is 1.81. The van der Waals surface area contributed by atoms with Crippen LogP contribution in [0, 0.1) is 34.9 Å². The van der Waals surface area contributed by atoms with Crippen molar-refractivity contribution >= 4 is 5.91 Å². The Labute approximate surface area is 124 Å². The van der Waals surface area contributed by atoms with Crippen LogP contribution >= 0.6 is 0 Å². The van der Waals surface area contributed by atoms with E-state index >= 15 is 0 Å². The largest absolute Gasteiger partial charge is 0.338 e. The highest BCUT2D eigenvalue weighted by Crippen LogP contribution is 2.13. The second-order valence-corrected chi connectivity index (χ2v) is 4.57. The SMILES string of the molecule is CCN(CC(C)C#N)C(=O)c1ccc(C#CCN)c(F)c1. The minimum atomic E-state index is -0.550. The van der Waals surface area contributed by atoms with E-state index in [9.17, 15) is 9.18 Å². The molecule has 1 aromatic carbocycles. The number of carbonyl (C=O) groups excluding carboxylic acids is 1. The van der Waals surface area contributed by atoms with E-state index in [0.717, 1.165) is 0 Å². The Morgan fingerprint density at radius 1 is 1.52 bits per heavy atom. The summed E-state index contributed by atoms with van der Waals surface area (Å²) in [5, 5.41) is 8.82. The summed E-state index contributed by atoms with van der Waals surface area (Å²) in [5.74, 6) is 4.06. The van der Waals surface area contributed by atoms with E-state index in [1.165, 1.54) is 23.1 Å². The number of halogens is 1. The minimum absolute atomic E-state index is 0.149. The normalized spacial score (nSPS) is 11.0. The molecule has 1 unspecified atom stereocenters. The number of nitriles is 1. The first-order chi connectivity index (χ1) is 10.0. The predicted octanol–water partition coefficient (Wildman–Crippen LogP) is 1.76. The summed E-state index contributed by atoms with van der Waals surface area (Å²) in [6.45, 7) is 4.49. The molecule has 110 valence electrons. The van der Waals surface area contributed by atoms with Gasteiger partial charge in [-0.1, -0.05) is 11.8 Å².